The number of nitrogens with zero attached hydrogens (tertiary/aromatic N) is 2. The summed E-state index contributed by atoms with van der Waals surface area (Å²) < 4.78 is 0. The second-order valence-corrected chi connectivity index (χ2v) is 7.28. The molecule has 124 valence electrons. The first-order valence-electron chi connectivity index (χ1n) is 8.25. The lowest BCUT2D eigenvalue weighted by Gasteiger charge is -2.37. The van der Waals surface area contributed by atoms with Crippen LogP contribution in [0.5, 0.6) is 0 Å². The van der Waals surface area contributed by atoms with Crippen LogP contribution in [-0.4, -0.2) is 66.6 Å². The zero-order valence-corrected chi connectivity index (χ0v) is 14.5. The Morgan fingerprint density at radius 1 is 1.14 bits per heavy atom. The van der Waals surface area contributed by atoms with Crippen LogP contribution in [0.2, 0.25) is 0 Å². The summed E-state index contributed by atoms with van der Waals surface area (Å²) in [6.45, 7) is 17.1. The molecule has 1 aliphatic heterocycles. The first-order chi connectivity index (χ1) is 9.73. The van der Waals surface area contributed by atoms with Crippen LogP contribution in [-0.2, 0) is 4.79 Å². The van der Waals surface area contributed by atoms with Gasteiger partial charge in [-0.2, -0.15) is 0 Å². The summed E-state index contributed by atoms with van der Waals surface area (Å²) >= 11 is 0. The van der Waals surface area contributed by atoms with Crippen molar-refractivity contribution in [3.05, 3.63) is 0 Å². The topological polar surface area (TPSA) is 61.6 Å². The van der Waals surface area contributed by atoms with E-state index >= 15 is 0 Å². The molecular formula is C16H34N4O. The van der Waals surface area contributed by atoms with Gasteiger partial charge in [0.2, 0.25) is 5.91 Å². The maximum absolute atomic E-state index is 11.7. The Kier molecular flexibility index (Phi) is 7.10. The minimum Gasteiger partial charge on any atom is -0.368 e. The summed E-state index contributed by atoms with van der Waals surface area (Å²) in [5.41, 5.74) is 4.98. The number of primary amides is 1. The van der Waals surface area contributed by atoms with Gasteiger partial charge in [-0.3, -0.25) is 4.79 Å². The van der Waals surface area contributed by atoms with E-state index < -0.39 is 5.54 Å². The lowest BCUT2D eigenvalue weighted by atomic mass is 9.95. The van der Waals surface area contributed by atoms with Crippen LogP contribution in [0.15, 0.2) is 0 Å². The number of rotatable bonds is 8. The highest BCUT2D eigenvalue weighted by Crippen LogP contribution is 2.13. The van der Waals surface area contributed by atoms with E-state index in [1.807, 2.05) is 20.8 Å². The van der Waals surface area contributed by atoms with Crippen LogP contribution in [0.3, 0.4) is 0 Å². The Morgan fingerprint density at radius 2 is 1.67 bits per heavy atom. The molecule has 1 heterocycles. The minimum absolute atomic E-state index is 0.255. The number of hydrogen-bond donors (Lipinski definition) is 2. The van der Waals surface area contributed by atoms with E-state index in [1.54, 1.807) is 0 Å². The zero-order chi connectivity index (χ0) is 16.0. The van der Waals surface area contributed by atoms with Crippen LogP contribution in [0.25, 0.3) is 0 Å². The van der Waals surface area contributed by atoms with Crippen LogP contribution in [0, 0.1) is 5.92 Å². The molecule has 1 rings (SSSR count). The van der Waals surface area contributed by atoms with E-state index in [-0.39, 0.29) is 11.9 Å². The fourth-order valence-corrected chi connectivity index (χ4v) is 3.00. The quantitative estimate of drug-likeness (QED) is 0.699. The third-order valence-electron chi connectivity index (χ3n) is 4.17. The lowest BCUT2D eigenvalue weighted by molar-refractivity contribution is -0.124. The van der Waals surface area contributed by atoms with Gasteiger partial charge in [0.1, 0.15) is 0 Å². The van der Waals surface area contributed by atoms with Gasteiger partial charge >= 0.3 is 0 Å². The highest BCUT2D eigenvalue weighted by Gasteiger charge is 2.32. The smallest absolute Gasteiger partial charge is 0.237 e. The van der Waals surface area contributed by atoms with Gasteiger partial charge < -0.3 is 20.9 Å². The van der Waals surface area contributed by atoms with Crippen molar-refractivity contribution in [1.29, 1.82) is 0 Å². The molecule has 3 N–H and O–H groups in total. The Bertz CT molecular complexity index is 324. The molecule has 0 radical (unpaired) electrons. The van der Waals surface area contributed by atoms with E-state index in [0.717, 1.165) is 45.1 Å². The molecule has 1 atom stereocenters. The van der Waals surface area contributed by atoms with Crippen molar-refractivity contribution in [2.24, 2.45) is 11.7 Å². The second-order valence-electron chi connectivity index (χ2n) is 7.28. The van der Waals surface area contributed by atoms with Gasteiger partial charge in [0.25, 0.3) is 0 Å². The van der Waals surface area contributed by atoms with E-state index in [2.05, 4.69) is 29.0 Å². The number of hydrogen-bond acceptors (Lipinski definition) is 4. The van der Waals surface area contributed by atoms with E-state index in [9.17, 15) is 4.79 Å². The second kappa shape index (κ2) is 8.11. The predicted molar refractivity (Wildman–Crippen MR) is 88.2 cm³/mol. The zero-order valence-electron chi connectivity index (χ0n) is 14.5. The van der Waals surface area contributed by atoms with Crippen LogP contribution < -0.4 is 11.1 Å². The van der Waals surface area contributed by atoms with Gasteiger partial charge in [-0.1, -0.05) is 13.8 Å². The Morgan fingerprint density at radius 3 is 2.10 bits per heavy atom. The molecule has 1 saturated heterocycles. The molecule has 0 saturated carbocycles. The average molecular weight is 298 g/mol. The summed E-state index contributed by atoms with van der Waals surface area (Å²) in [5, 5.41) is 3.32. The molecule has 1 unspecified atom stereocenters. The van der Waals surface area contributed by atoms with Gasteiger partial charge in [-0.25, -0.2) is 0 Å². The van der Waals surface area contributed by atoms with Crippen molar-refractivity contribution in [3.63, 3.8) is 0 Å². The number of nitrogens with one attached hydrogen (secondary N) is 1. The number of carbonyl (C=O) groups excluding carboxylic acids is 1. The van der Waals surface area contributed by atoms with Gasteiger partial charge in [-0.05, 0) is 33.1 Å². The van der Waals surface area contributed by atoms with Crippen LogP contribution in [0.4, 0.5) is 0 Å². The van der Waals surface area contributed by atoms with E-state index in [4.69, 9.17) is 5.73 Å². The molecule has 5 nitrogen and oxygen atoms in total. The van der Waals surface area contributed by atoms with E-state index in [0.29, 0.717) is 0 Å². The fraction of sp³-hybridized carbons (Fsp3) is 0.938. The highest BCUT2D eigenvalue weighted by molar-refractivity contribution is 5.84. The molecule has 1 fully saturated rings. The lowest BCUT2D eigenvalue weighted by Crippen LogP contribution is -2.57. The Hall–Kier alpha value is -0.650. The van der Waals surface area contributed by atoms with E-state index in [1.165, 1.54) is 6.54 Å². The molecule has 0 aromatic heterocycles. The summed E-state index contributed by atoms with van der Waals surface area (Å²) in [4.78, 5) is 16.7. The monoisotopic (exact) mass is 298 g/mol. The molecular weight excluding hydrogens is 264 g/mol. The predicted octanol–water partition coefficient (Wildman–Crippen LogP) is 0.892. The molecule has 21 heavy (non-hydrogen) atoms. The molecule has 1 aliphatic rings. The largest absolute Gasteiger partial charge is 0.368 e. The summed E-state index contributed by atoms with van der Waals surface area (Å²) in [6, 6.07) is 0.255. The van der Waals surface area contributed by atoms with Crippen LogP contribution >= 0.6 is 0 Å². The number of carbonyl (C=O) groups is 1. The maximum Gasteiger partial charge on any atom is 0.237 e. The normalized spacial score (nSPS) is 20.9. The van der Waals surface area contributed by atoms with Crippen molar-refractivity contribution < 1.29 is 4.79 Å². The standard InChI is InChI=1S/C16H34N4O/c1-13(2)12-20-10-8-19(9-11-20)7-6-16(5,15(17)21)18-14(3)4/h13-14,18H,6-12H2,1-5H3,(H2,17,21). The summed E-state index contributed by atoms with van der Waals surface area (Å²) in [5.74, 6) is 0.472. The fourth-order valence-electron chi connectivity index (χ4n) is 3.00. The summed E-state index contributed by atoms with van der Waals surface area (Å²) in [6.07, 6.45) is 0.769. The van der Waals surface area contributed by atoms with Gasteiger partial charge in [0.15, 0.2) is 0 Å². The minimum atomic E-state index is -0.608. The third kappa shape index (κ3) is 6.32. The molecule has 0 aromatic carbocycles. The average Bonchev–Trinajstić information content (AvgIpc) is 2.36. The molecule has 0 spiro atoms. The molecule has 1 amide bonds. The van der Waals surface area contributed by atoms with Crippen LogP contribution in [0.1, 0.15) is 41.0 Å². The van der Waals surface area contributed by atoms with Crippen molar-refractivity contribution in [2.75, 3.05) is 39.3 Å². The Balaban J connectivity index is 2.39. The van der Waals surface area contributed by atoms with Gasteiger partial charge in [0, 0.05) is 45.3 Å². The van der Waals surface area contributed by atoms with Crippen molar-refractivity contribution in [3.8, 4) is 0 Å². The molecule has 5 heteroatoms. The van der Waals surface area contributed by atoms with Crippen molar-refractivity contribution >= 4 is 5.91 Å². The van der Waals surface area contributed by atoms with Crippen molar-refractivity contribution in [1.82, 2.24) is 15.1 Å². The molecule has 0 bridgehead atoms. The number of nitrogens with two attached hydrogens (primary N) is 1. The maximum atomic E-state index is 11.7. The molecule has 0 aliphatic carbocycles. The summed E-state index contributed by atoms with van der Waals surface area (Å²) in [7, 11) is 0. The first kappa shape index (κ1) is 18.4. The third-order valence-corrected chi connectivity index (χ3v) is 4.17. The SMILES string of the molecule is CC(C)CN1CCN(CCC(C)(NC(C)C)C(N)=O)CC1. The number of amides is 1. The highest BCUT2D eigenvalue weighted by atomic mass is 16.1. The molecule has 0 aromatic rings. The van der Waals surface area contributed by atoms with Gasteiger partial charge in [0.05, 0.1) is 5.54 Å². The number of piperazine rings is 1. The Labute approximate surface area is 130 Å². The van der Waals surface area contributed by atoms with Gasteiger partial charge in [-0.15, -0.1) is 0 Å². The first-order valence-corrected chi connectivity index (χ1v) is 8.25. The van der Waals surface area contributed by atoms with Crippen molar-refractivity contribution in [2.45, 2.75) is 52.6 Å².